The molecule has 0 radical (unpaired) electrons. The Bertz CT molecular complexity index is 534. The first-order valence-electron chi connectivity index (χ1n) is 7.08. The summed E-state index contributed by atoms with van der Waals surface area (Å²) in [6, 6.07) is 8.07. The van der Waals surface area contributed by atoms with Gasteiger partial charge in [-0.15, -0.1) is 0 Å². The minimum Gasteiger partial charge on any atom is -0.354 e. The van der Waals surface area contributed by atoms with E-state index >= 15 is 0 Å². The number of hydrogen-bond acceptors (Lipinski definition) is 4. The summed E-state index contributed by atoms with van der Waals surface area (Å²) in [5.41, 5.74) is 0.999. The van der Waals surface area contributed by atoms with Crippen LogP contribution in [0, 0.1) is 5.92 Å². The molecular formula is C15H20N4. The molecule has 4 heteroatoms. The van der Waals surface area contributed by atoms with Crippen LogP contribution in [0.2, 0.25) is 0 Å². The van der Waals surface area contributed by atoms with Gasteiger partial charge < -0.3 is 10.6 Å². The number of para-hydroxylation sites is 1. The molecular weight excluding hydrogens is 236 g/mol. The molecule has 1 unspecified atom stereocenters. The van der Waals surface area contributed by atoms with Gasteiger partial charge in [0.2, 0.25) is 5.95 Å². The van der Waals surface area contributed by atoms with Crippen molar-refractivity contribution >= 4 is 16.9 Å². The van der Waals surface area contributed by atoms with E-state index in [1.807, 2.05) is 30.5 Å². The SMILES string of the molecule is c1ccc2nc(NCCC3CCCNC3)ncc2c1. The second kappa shape index (κ2) is 5.97. The highest BCUT2D eigenvalue weighted by Crippen LogP contribution is 2.15. The van der Waals surface area contributed by atoms with E-state index in [0.717, 1.165) is 35.9 Å². The number of benzene rings is 1. The number of anilines is 1. The summed E-state index contributed by atoms with van der Waals surface area (Å²) >= 11 is 0. The van der Waals surface area contributed by atoms with Crippen molar-refractivity contribution < 1.29 is 0 Å². The van der Waals surface area contributed by atoms with E-state index in [1.165, 1.54) is 25.8 Å². The first kappa shape index (κ1) is 12.4. The van der Waals surface area contributed by atoms with E-state index in [2.05, 4.69) is 20.6 Å². The summed E-state index contributed by atoms with van der Waals surface area (Å²) in [6.07, 6.45) is 5.71. The fraction of sp³-hybridized carbons (Fsp3) is 0.467. The molecule has 0 amide bonds. The first-order chi connectivity index (χ1) is 9.42. The fourth-order valence-corrected chi connectivity index (χ4v) is 2.62. The molecule has 1 aliphatic heterocycles. The van der Waals surface area contributed by atoms with Gasteiger partial charge in [-0.25, -0.2) is 9.97 Å². The highest BCUT2D eigenvalue weighted by Gasteiger charge is 2.12. The third-order valence-corrected chi connectivity index (χ3v) is 3.72. The van der Waals surface area contributed by atoms with Gasteiger partial charge in [0.25, 0.3) is 0 Å². The third-order valence-electron chi connectivity index (χ3n) is 3.72. The van der Waals surface area contributed by atoms with Gasteiger partial charge in [0, 0.05) is 18.1 Å². The molecule has 4 nitrogen and oxygen atoms in total. The van der Waals surface area contributed by atoms with Crippen LogP contribution in [0.3, 0.4) is 0 Å². The van der Waals surface area contributed by atoms with E-state index in [1.54, 1.807) is 0 Å². The molecule has 1 aliphatic rings. The molecule has 100 valence electrons. The summed E-state index contributed by atoms with van der Waals surface area (Å²) in [7, 11) is 0. The molecule has 2 N–H and O–H groups in total. The third kappa shape index (κ3) is 3.20. The number of nitrogens with zero attached hydrogens (tertiary/aromatic N) is 2. The molecule has 1 atom stereocenters. The Hall–Kier alpha value is -1.68. The van der Waals surface area contributed by atoms with E-state index in [4.69, 9.17) is 0 Å². The number of piperidine rings is 1. The average Bonchev–Trinajstić information content (AvgIpc) is 2.48. The predicted molar refractivity (Wildman–Crippen MR) is 78.2 cm³/mol. The van der Waals surface area contributed by atoms with Crippen LogP contribution < -0.4 is 10.6 Å². The number of aromatic nitrogens is 2. The van der Waals surface area contributed by atoms with E-state index in [-0.39, 0.29) is 0 Å². The maximum Gasteiger partial charge on any atom is 0.223 e. The van der Waals surface area contributed by atoms with Crippen LogP contribution >= 0.6 is 0 Å². The highest BCUT2D eigenvalue weighted by atomic mass is 15.1. The van der Waals surface area contributed by atoms with Crippen molar-refractivity contribution in [2.24, 2.45) is 5.92 Å². The van der Waals surface area contributed by atoms with Crippen LogP contribution in [0.25, 0.3) is 10.9 Å². The van der Waals surface area contributed by atoms with E-state index in [0.29, 0.717) is 0 Å². The first-order valence-corrected chi connectivity index (χ1v) is 7.08. The van der Waals surface area contributed by atoms with Crippen molar-refractivity contribution in [2.75, 3.05) is 25.0 Å². The van der Waals surface area contributed by atoms with Gasteiger partial charge in [-0.3, -0.25) is 0 Å². The molecule has 2 heterocycles. The van der Waals surface area contributed by atoms with Gasteiger partial charge in [0.1, 0.15) is 0 Å². The Morgan fingerprint density at radius 1 is 1.32 bits per heavy atom. The molecule has 0 bridgehead atoms. The zero-order valence-corrected chi connectivity index (χ0v) is 11.1. The van der Waals surface area contributed by atoms with Crippen molar-refractivity contribution in [3.63, 3.8) is 0 Å². The number of fused-ring (bicyclic) bond motifs is 1. The van der Waals surface area contributed by atoms with Gasteiger partial charge in [0.15, 0.2) is 0 Å². The minimum atomic E-state index is 0.738. The van der Waals surface area contributed by atoms with Crippen LogP contribution in [-0.4, -0.2) is 29.6 Å². The normalized spacial score (nSPS) is 19.5. The van der Waals surface area contributed by atoms with Crippen LogP contribution in [0.4, 0.5) is 5.95 Å². The molecule has 3 rings (SSSR count). The molecule has 1 saturated heterocycles. The largest absolute Gasteiger partial charge is 0.354 e. The molecule has 0 saturated carbocycles. The molecule has 1 aromatic carbocycles. The Labute approximate surface area is 113 Å². The average molecular weight is 256 g/mol. The molecule has 0 spiro atoms. The maximum atomic E-state index is 4.52. The van der Waals surface area contributed by atoms with Crippen molar-refractivity contribution in [2.45, 2.75) is 19.3 Å². The number of nitrogens with one attached hydrogen (secondary N) is 2. The number of hydrogen-bond donors (Lipinski definition) is 2. The second-order valence-electron chi connectivity index (χ2n) is 5.18. The van der Waals surface area contributed by atoms with Gasteiger partial charge in [-0.2, -0.15) is 0 Å². The van der Waals surface area contributed by atoms with Gasteiger partial charge in [-0.05, 0) is 44.3 Å². The number of rotatable bonds is 4. The monoisotopic (exact) mass is 256 g/mol. The van der Waals surface area contributed by atoms with Crippen molar-refractivity contribution in [1.82, 2.24) is 15.3 Å². The van der Waals surface area contributed by atoms with Gasteiger partial charge in [-0.1, -0.05) is 18.2 Å². The minimum absolute atomic E-state index is 0.738. The lowest BCUT2D eigenvalue weighted by atomic mass is 9.96. The fourth-order valence-electron chi connectivity index (χ4n) is 2.62. The van der Waals surface area contributed by atoms with E-state index < -0.39 is 0 Å². The van der Waals surface area contributed by atoms with E-state index in [9.17, 15) is 0 Å². The highest BCUT2D eigenvalue weighted by molar-refractivity contribution is 5.78. The van der Waals surface area contributed by atoms with Gasteiger partial charge in [0.05, 0.1) is 5.52 Å². The standard InChI is InChI=1S/C15H20N4/c1-2-6-14-13(5-1)11-18-15(19-14)17-9-7-12-4-3-8-16-10-12/h1-2,5-6,11-12,16H,3-4,7-10H2,(H,17,18,19). The van der Waals surface area contributed by atoms with Gasteiger partial charge >= 0.3 is 0 Å². The Kier molecular flexibility index (Phi) is 3.89. The lowest BCUT2D eigenvalue weighted by Crippen LogP contribution is -2.30. The Morgan fingerprint density at radius 2 is 2.26 bits per heavy atom. The topological polar surface area (TPSA) is 49.8 Å². The summed E-state index contributed by atoms with van der Waals surface area (Å²) in [5.74, 6) is 1.53. The van der Waals surface area contributed by atoms with Crippen molar-refractivity contribution in [3.8, 4) is 0 Å². The van der Waals surface area contributed by atoms with Crippen LogP contribution in [0.15, 0.2) is 30.5 Å². The quantitative estimate of drug-likeness (QED) is 0.882. The smallest absolute Gasteiger partial charge is 0.223 e. The van der Waals surface area contributed by atoms with Crippen molar-refractivity contribution in [1.29, 1.82) is 0 Å². The maximum absolute atomic E-state index is 4.52. The molecule has 19 heavy (non-hydrogen) atoms. The Balaban J connectivity index is 1.56. The molecule has 1 fully saturated rings. The second-order valence-corrected chi connectivity index (χ2v) is 5.18. The zero-order chi connectivity index (χ0) is 12.9. The Morgan fingerprint density at radius 3 is 3.16 bits per heavy atom. The summed E-state index contributed by atoms with van der Waals surface area (Å²) in [5, 5.41) is 7.87. The van der Waals surface area contributed by atoms with Crippen LogP contribution in [0.1, 0.15) is 19.3 Å². The lowest BCUT2D eigenvalue weighted by molar-refractivity contribution is 0.364. The van der Waals surface area contributed by atoms with Crippen LogP contribution in [0.5, 0.6) is 0 Å². The predicted octanol–water partition coefficient (Wildman–Crippen LogP) is 2.43. The summed E-state index contributed by atoms with van der Waals surface area (Å²) in [6.45, 7) is 3.28. The van der Waals surface area contributed by atoms with Crippen molar-refractivity contribution in [3.05, 3.63) is 30.5 Å². The molecule has 2 aromatic rings. The summed E-state index contributed by atoms with van der Waals surface area (Å²) in [4.78, 5) is 8.87. The molecule has 0 aliphatic carbocycles. The lowest BCUT2D eigenvalue weighted by Gasteiger charge is -2.22. The van der Waals surface area contributed by atoms with Crippen LogP contribution in [-0.2, 0) is 0 Å². The zero-order valence-electron chi connectivity index (χ0n) is 11.1. The summed E-state index contributed by atoms with van der Waals surface area (Å²) < 4.78 is 0. The molecule has 1 aromatic heterocycles.